The Morgan fingerprint density at radius 3 is 2.57 bits per heavy atom. The van der Waals surface area contributed by atoms with Crippen molar-refractivity contribution in [3.8, 4) is 0 Å². The second kappa shape index (κ2) is 7.99. The first-order valence-corrected chi connectivity index (χ1v) is 10.5. The number of likely N-dealkylation sites (tertiary alicyclic amines) is 1. The van der Waals surface area contributed by atoms with E-state index in [1.54, 1.807) is 0 Å². The van der Waals surface area contributed by atoms with Crippen molar-refractivity contribution in [3.63, 3.8) is 0 Å². The van der Waals surface area contributed by atoms with Gasteiger partial charge in [-0.05, 0) is 55.2 Å². The number of carbonyl (C=O) groups is 2. The molecule has 1 aromatic carbocycles. The molecule has 0 bridgehead atoms. The van der Waals surface area contributed by atoms with Gasteiger partial charge in [-0.15, -0.1) is 0 Å². The van der Waals surface area contributed by atoms with Crippen LogP contribution in [0.5, 0.6) is 0 Å². The van der Waals surface area contributed by atoms with Gasteiger partial charge in [-0.2, -0.15) is 0 Å². The highest BCUT2D eigenvalue weighted by molar-refractivity contribution is 6.31. The second-order valence-corrected chi connectivity index (χ2v) is 9.27. The fourth-order valence-corrected chi connectivity index (χ4v) is 5.37. The molecule has 2 saturated carbocycles. The summed E-state index contributed by atoms with van der Waals surface area (Å²) in [6, 6.07) is 4.24. The summed E-state index contributed by atoms with van der Waals surface area (Å²) in [6.45, 7) is 3.03. The molecule has 2 N–H and O–H groups in total. The topological polar surface area (TPSA) is 61.4 Å². The Labute approximate surface area is 170 Å². The van der Waals surface area contributed by atoms with Gasteiger partial charge in [0.15, 0.2) is 0 Å². The maximum atomic E-state index is 13.4. The van der Waals surface area contributed by atoms with Crippen molar-refractivity contribution in [2.24, 2.45) is 11.3 Å². The smallest absolute Gasteiger partial charge is 0.251 e. The van der Waals surface area contributed by atoms with E-state index in [4.69, 9.17) is 11.6 Å². The molecular formula is C21H27ClFN3O2. The third kappa shape index (κ3) is 4.49. The monoisotopic (exact) mass is 407 g/mol. The van der Waals surface area contributed by atoms with Gasteiger partial charge in [-0.1, -0.05) is 24.4 Å². The van der Waals surface area contributed by atoms with E-state index in [1.165, 1.54) is 31.0 Å². The number of carbonyl (C=O) groups excluding carboxylic acids is 2. The molecule has 0 unspecified atom stereocenters. The Balaban J connectivity index is 1.14. The minimum absolute atomic E-state index is 0.152. The molecule has 1 spiro atoms. The largest absolute Gasteiger partial charge is 0.352 e. The predicted molar refractivity (Wildman–Crippen MR) is 106 cm³/mol. The Hall–Kier alpha value is -1.66. The second-order valence-electron chi connectivity index (χ2n) is 8.84. The van der Waals surface area contributed by atoms with Crippen molar-refractivity contribution in [2.75, 3.05) is 26.2 Å². The van der Waals surface area contributed by atoms with Gasteiger partial charge in [0, 0.05) is 36.3 Å². The van der Waals surface area contributed by atoms with E-state index in [1.807, 2.05) is 0 Å². The number of rotatable bonds is 6. The molecule has 0 aromatic heterocycles. The van der Waals surface area contributed by atoms with Crippen molar-refractivity contribution < 1.29 is 14.0 Å². The van der Waals surface area contributed by atoms with Crippen LogP contribution < -0.4 is 10.6 Å². The number of benzene rings is 1. The minimum Gasteiger partial charge on any atom is -0.352 e. The normalized spacial score (nSPS) is 21.9. The minimum atomic E-state index is -0.508. The zero-order valence-corrected chi connectivity index (χ0v) is 16.7. The fourth-order valence-electron chi connectivity index (χ4n) is 5.15. The van der Waals surface area contributed by atoms with Gasteiger partial charge in [-0.25, -0.2) is 4.39 Å². The van der Waals surface area contributed by atoms with Crippen molar-refractivity contribution in [1.82, 2.24) is 15.5 Å². The van der Waals surface area contributed by atoms with E-state index in [0.29, 0.717) is 30.5 Å². The SMILES string of the molecule is O=C(CN1CC2(CC(CNC(=O)c3cc(F)cc(Cl)c3)C2)C1)NC1CCCC1. The van der Waals surface area contributed by atoms with Crippen molar-refractivity contribution >= 4 is 23.4 Å². The summed E-state index contributed by atoms with van der Waals surface area (Å²) >= 11 is 5.80. The van der Waals surface area contributed by atoms with Gasteiger partial charge in [0.2, 0.25) is 5.91 Å². The molecular weight excluding hydrogens is 381 g/mol. The highest BCUT2D eigenvalue weighted by Gasteiger charge is 2.52. The molecule has 4 rings (SSSR count). The van der Waals surface area contributed by atoms with E-state index in [-0.39, 0.29) is 22.4 Å². The first-order chi connectivity index (χ1) is 13.4. The molecule has 7 heteroatoms. The number of hydrogen-bond donors (Lipinski definition) is 2. The number of nitrogens with zero attached hydrogens (tertiary/aromatic N) is 1. The van der Waals surface area contributed by atoms with Crippen LogP contribution in [0.1, 0.15) is 48.9 Å². The molecule has 2 aliphatic carbocycles. The molecule has 0 atom stereocenters. The van der Waals surface area contributed by atoms with E-state index in [0.717, 1.165) is 38.8 Å². The maximum absolute atomic E-state index is 13.4. The predicted octanol–water partition coefficient (Wildman–Crippen LogP) is 2.98. The van der Waals surface area contributed by atoms with Crippen LogP contribution in [0.2, 0.25) is 5.02 Å². The van der Waals surface area contributed by atoms with Crippen molar-refractivity contribution in [3.05, 3.63) is 34.6 Å². The zero-order valence-electron chi connectivity index (χ0n) is 16.0. The molecule has 5 nitrogen and oxygen atoms in total. The average Bonchev–Trinajstić information content (AvgIpc) is 3.06. The lowest BCUT2D eigenvalue weighted by atomic mass is 9.57. The molecule has 1 saturated heterocycles. The summed E-state index contributed by atoms with van der Waals surface area (Å²) in [5, 5.41) is 6.25. The maximum Gasteiger partial charge on any atom is 0.251 e. The number of hydrogen-bond acceptors (Lipinski definition) is 3. The molecule has 0 radical (unpaired) electrons. The first kappa shape index (κ1) is 19.6. The van der Waals surface area contributed by atoms with Gasteiger partial charge in [0.1, 0.15) is 5.82 Å². The van der Waals surface area contributed by atoms with Crippen LogP contribution in [-0.4, -0.2) is 48.9 Å². The van der Waals surface area contributed by atoms with Gasteiger partial charge in [0.25, 0.3) is 5.91 Å². The van der Waals surface area contributed by atoms with Crippen LogP contribution in [0.25, 0.3) is 0 Å². The fraction of sp³-hybridized carbons (Fsp3) is 0.619. The summed E-state index contributed by atoms with van der Waals surface area (Å²) in [6.07, 6.45) is 6.82. The third-order valence-corrected chi connectivity index (χ3v) is 6.54. The standard InChI is InChI=1S/C21H27ClFN3O2/c22-16-5-15(6-17(23)7-16)20(28)24-10-14-8-21(9-14)12-26(13-21)11-19(27)25-18-3-1-2-4-18/h5-7,14,18H,1-4,8-13H2,(H,24,28)(H,25,27). The molecule has 1 heterocycles. The zero-order chi connectivity index (χ0) is 19.7. The number of halogens is 2. The average molecular weight is 408 g/mol. The Morgan fingerprint density at radius 2 is 1.89 bits per heavy atom. The summed E-state index contributed by atoms with van der Waals surface area (Å²) < 4.78 is 13.4. The summed E-state index contributed by atoms with van der Waals surface area (Å²) in [4.78, 5) is 26.5. The number of nitrogens with one attached hydrogen (secondary N) is 2. The lowest BCUT2D eigenvalue weighted by Gasteiger charge is -2.59. The lowest BCUT2D eigenvalue weighted by molar-refractivity contribution is -0.132. The van der Waals surface area contributed by atoms with Crippen molar-refractivity contribution in [2.45, 2.75) is 44.6 Å². The van der Waals surface area contributed by atoms with Crippen LogP contribution in [0.15, 0.2) is 18.2 Å². The van der Waals surface area contributed by atoms with Gasteiger partial charge >= 0.3 is 0 Å². The highest BCUT2D eigenvalue weighted by Crippen LogP contribution is 2.51. The Morgan fingerprint density at radius 1 is 1.18 bits per heavy atom. The van der Waals surface area contributed by atoms with Gasteiger partial charge in [-0.3, -0.25) is 14.5 Å². The molecule has 28 heavy (non-hydrogen) atoms. The van der Waals surface area contributed by atoms with E-state index >= 15 is 0 Å². The molecule has 1 aromatic rings. The lowest BCUT2D eigenvalue weighted by Crippen LogP contribution is -2.64. The first-order valence-electron chi connectivity index (χ1n) is 10.2. The quantitative estimate of drug-likeness (QED) is 0.762. The van der Waals surface area contributed by atoms with Gasteiger partial charge in [0.05, 0.1) is 6.54 Å². The summed E-state index contributed by atoms with van der Waals surface area (Å²) in [5.74, 6) is -0.200. The Kier molecular flexibility index (Phi) is 5.61. The Bertz CT molecular complexity index is 732. The molecule has 1 aliphatic heterocycles. The van der Waals surface area contributed by atoms with Crippen LogP contribution in [0, 0.1) is 17.2 Å². The molecule has 152 valence electrons. The van der Waals surface area contributed by atoms with Gasteiger partial charge < -0.3 is 10.6 Å². The van der Waals surface area contributed by atoms with Crippen LogP contribution in [0.4, 0.5) is 4.39 Å². The van der Waals surface area contributed by atoms with E-state index in [2.05, 4.69) is 15.5 Å². The summed E-state index contributed by atoms with van der Waals surface area (Å²) in [7, 11) is 0. The third-order valence-electron chi connectivity index (χ3n) is 6.32. The summed E-state index contributed by atoms with van der Waals surface area (Å²) in [5.41, 5.74) is 0.577. The van der Waals surface area contributed by atoms with E-state index < -0.39 is 5.82 Å². The molecule has 2 amide bonds. The number of amides is 2. The van der Waals surface area contributed by atoms with Crippen LogP contribution in [0.3, 0.4) is 0 Å². The highest BCUT2D eigenvalue weighted by atomic mass is 35.5. The van der Waals surface area contributed by atoms with Crippen molar-refractivity contribution in [1.29, 1.82) is 0 Å². The van der Waals surface area contributed by atoms with E-state index in [9.17, 15) is 14.0 Å². The molecule has 3 fully saturated rings. The van der Waals surface area contributed by atoms with Crippen LogP contribution in [-0.2, 0) is 4.79 Å². The molecule has 3 aliphatic rings. The van der Waals surface area contributed by atoms with Crippen LogP contribution >= 0.6 is 11.6 Å².